The summed E-state index contributed by atoms with van der Waals surface area (Å²) in [6.07, 6.45) is 0. The summed E-state index contributed by atoms with van der Waals surface area (Å²) in [5.41, 5.74) is 2.00. The number of nitrogens with one attached hydrogen (secondary N) is 2. The summed E-state index contributed by atoms with van der Waals surface area (Å²) in [5, 5.41) is 6.45. The molecule has 2 unspecified atom stereocenters. The van der Waals surface area contributed by atoms with Crippen LogP contribution in [-0.4, -0.2) is 42.5 Å². The molecule has 1 heterocycles. The van der Waals surface area contributed by atoms with Crippen LogP contribution < -0.4 is 10.6 Å². The van der Waals surface area contributed by atoms with Gasteiger partial charge in [-0.1, -0.05) is 18.2 Å². The van der Waals surface area contributed by atoms with E-state index in [0.29, 0.717) is 18.6 Å². The van der Waals surface area contributed by atoms with Crippen LogP contribution in [0.15, 0.2) is 24.3 Å². The van der Waals surface area contributed by atoms with Gasteiger partial charge in [0.05, 0.1) is 6.54 Å². The lowest BCUT2D eigenvalue weighted by Crippen LogP contribution is -2.55. The number of amides is 1. The predicted molar refractivity (Wildman–Crippen MR) is 78.3 cm³/mol. The average Bonchev–Trinajstić information content (AvgIpc) is 2.30. The first-order valence-electron chi connectivity index (χ1n) is 6.88. The summed E-state index contributed by atoms with van der Waals surface area (Å²) in [6, 6.07) is 8.74. The van der Waals surface area contributed by atoms with Crippen molar-refractivity contribution in [3.8, 4) is 0 Å². The van der Waals surface area contributed by atoms with Crippen LogP contribution in [0.1, 0.15) is 19.4 Å². The molecule has 2 atom stereocenters. The standard InChI is InChI=1S/C15H23N3O/c1-11-6-4-5-7-14(11)17-15(19)10-18-8-12(2)16-13(3)9-18/h4-7,12-13,16H,8-10H2,1-3H3,(H,17,19). The smallest absolute Gasteiger partial charge is 0.238 e. The molecule has 2 N–H and O–H groups in total. The fourth-order valence-electron chi connectivity index (χ4n) is 2.68. The summed E-state index contributed by atoms with van der Waals surface area (Å²) in [7, 11) is 0. The van der Waals surface area contributed by atoms with Gasteiger partial charge in [-0.15, -0.1) is 0 Å². The van der Waals surface area contributed by atoms with Crippen LogP contribution in [0.5, 0.6) is 0 Å². The number of carbonyl (C=O) groups excluding carboxylic acids is 1. The summed E-state index contributed by atoms with van der Waals surface area (Å²) >= 11 is 0. The van der Waals surface area contributed by atoms with Crippen molar-refractivity contribution in [2.75, 3.05) is 25.0 Å². The van der Waals surface area contributed by atoms with Crippen LogP contribution in [-0.2, 0) is 4.79 Å². The minimum absolute atomic E-state index is 0.0654. The zero-order chi connectivity index (χ0) is 13.8. The molecular weight excluding hydrogens is 238 g/mol. The molecule has 1 aliphatic heterocycles. The van der Waals surface area contributed by atoms with Crippen molar-refractivity contribution in [1.82, 2.24) is 10.2 Å². The number of nitrogens with zero attached hydrogens (tertiary/aromatic N) is 1. The van der Waals surface area contributed by atoms with E-state index in [1.165, 1.54) is 0 Å². The molecule has 1 aromatic carbocycles. The van der Waals surface area contributed by atoms with Gasteiger partial charge in [0, 0.05) is 30.9 Å². The Balaban J connectivity index is 1.89. The zero-order valence-electron chi connectivity index (χ0n) is 11.9. The van der Waals surface area contributed by atoms with E-state index < -0.39 is 0 Å². The van der Waals surface area contributed by atoms with Gasteiger partial charge in [-0.25, -0.2) is 0 Å². The third kappa shape index (κ3) is 4.04. The molecule has 1 amide bonds. The Morgan fingerprint density at radius 1 is 1.32 bits per heavy atom. The van der Waals surface area contributed by atoms with Gasteiger partial charge in [-0.2, -0.15) is 0 Å². The number of piperazine rings is 1. The predicted octanol–water partition coefficient (Wildman–Crippen LogP) is 1.62. The van der Waals surface area contributed by atoms with Crippen molar-refractivity contribution in [2.45, 2.75) is 32.9 Å². The number of para-hydroxylation sites is 1. The van der Waals surface area contributed by atoms with Crippen LogP contribution in [0.2, 0.25) is 0 Å². The maximum Gasteiger partial charge on any atom is 0.238 e. The van der Waals surface area contributed by atoms with E-state index in [2.05, 4.69) is 29.4 Å². The van der Waals surface area contributed by atoms with Crippen molar-refractivity contribution in [3.05, 3.63) is 29.8 Å². The minimum atomic E-state index is 0.0654. The monoisotopic (exact) mass is 261 g/mol. The highest BCUT2D eigenvalue weighted by molar-refractivity contribution is 5.92. The average molecular weight is 261 g/mol. The normalized spacial score (nSPS) is 24.2. The summed E-state index contributed by atoms with van der Waals surface area (Å²) < 4.78 is 0. The van der Waals surface area contributed by atoms with E-state index in [0.717, 1.165) is 24.3 Å². The molecule has 0 radical (unpaired) electrons. The second-order valence-electron chi connectivity index (χ2n) is 5.53. The molecule has 104 valence electrons. The molecule has 0 aromatic heterocycles. The van der Waals surface area contributed by atoms with Crippen molar-refractivity contribution in [2.24, 2.45) is 0 Å². The van der Waals surface area contributed by atoms with Gasteiger partial charge in [-0.05, 0) is 32.4 Å². The summed E-state index contributed by atoms with van der Waals surface area (Å²) in [4.78, 5) is 14.3. The summed E-state index contributed by atoms with van der Waals surface area (Å²) in [5.74, 6) is 0.0654. The number of anilines is 1. The molecule has 4 nitrogen and oxygen atoms in total. The molecule has 0 aliphatic carbocycles. The van der Waals surface area contributed by atoms with E-state index in [1.54, 1.807) is 0 Å². The van der Waals surface area contributed by atoms with Gasteiger partial charge in [0.15, 0.2) is 0 Å². The molecule has 1 saturated heterocycles. The van der Waals surface area contributed by atoms with Gasteiger partial charge in [0.2, 0.25) is 5.91 Å². The van der Waals surface area contributed by atoms with Crippen LogP contribution >= 0.6 is 0 Å². The Hall–Kier alpha value is -1.39. The number of aryl methyl sites for hydroxylation is 1. The van der Waals surface area contributed by atoms with Crippen molar-refractivity contribution >= 4 is 11.6 Å². The Labute approximate surface area is 115 Å². The second-order valence-corrected chi connectivity index (χ2v) is 5.53. The largest absolute Gasteiger partial charge is 0.325 e. The SMILES string of the molecule is Cc1ccccc1NC(=O)CN1CC(C)NC(C)C1. The Kier molecular flexibility index (Phi) is 4.56. The van der Waals surface area contributed by atoms with Gasteiger partial charge in [0.25, 0.3) is 0 Å². The molecule has 2 rings (SSSR count). The first-order chi connectivity index (χ1) is 9.04. The van der Waals surface area contributed by atoms with Crippen molar-refractivity contribution in [1.29, 1.82) is 0 Å². The van der Waals surface area contributed by atoms with Crippen LogP contribution in [0, 0.1) is 6.92 Å². The molecule has 0 bridgehead atoms. The highest BCUT2D eigenvalue weighted by Crippen LogP contribution is 2.13. The van der Waals surface area contributed by atoms with Crippen LogP contribution in [0.3, 0.4) is 0 Å². The second kappa shape index (κ2) is 6.17. The highest BCUT2D eigenvalue weighted by atomic mass is 16.2. The van der Waals surface area contributed by atoms with Gasteiger partial charge < -0.3 is 10.6 Å². The van der Waals surface area contributed by atoms with Crippen molar-refractivity contribution in [3.63, 3.8) is 0 Å². The lowest BCUT2D eigenvalue weighted by Gasteiger charge is -2.35. The van der Waals surface area contributed by atoms with Gasteiger partial charge >= 0.3 is 0 Å². The van der Waals surface area contributed by atoms with Gasteiger partial charge in [0.1, 0.15) is 0 Å². The first kappa shape index (κ1) is 14.0. The lowest BCUT2D eigenvalue weighted by molar-refractivity contribution is -0.117. The molecular formula is C15H23N3O. The molecule has 0 saturated carbocycles. The maximum atomic E-state index is 12.1. The topological polar surface area (TPSA) is 44.4 Å². The minimum Gasteiger partial charge on any atom is -0.325 e. The molecule has 0 spiro atoms. The quantitative estimate of drug-likeness (QED) is 0.869. The van der Waals surface area contributed by atoms with E-state index in [1.807, 2.05) is 31.2 Å². The number of hydrogen-bond acceptors (Lipinski definition) is 3. The highest BCUT2D eigenvalue weighted by Gasteiger charge is 2.22. The molecule has 4 heteroatoms. The number of benzene rings is 1. The fourth-order valence-corrected chi connectivity index (χ4v) is 2.68. The number of rotatable bonds is 3. The van der Waals surface area contributed by atoms with Crippen molar-refractivity contribution < 1.29 is 4.79 Å². The first-order valence-corrected chi connectivity index (χ1v) is 6.88. The maximum absolute atomic E-state index is 12.1. The molecule has 1 fully saturated rings. The van der Waals surface area contributed by atoms with Gasteiger partial charge in [-0.3, -0.25) is 9.69 Å². The zero-order valence-corrected chi connectivity index (χ0v) is 11.9. The van der Waals surface area contributed by atoms with Crippen LogP contribution in [0.4, 0.5) is 5.69 Å². The Morgan fingerprint density at radius 3 is 2.58 bits per heavy atom. The summed E-state index contributed by atoms with van der Waals surface area (Å²) in [6.45, 7) is 8.62. The number of hydrogen-bond donors (Lipinski definition) is 2. The third-order valence-corrected chi connectivity index (χ3v) is 3.42. The molecule has 1 aromatic rings. The van der Waals surface area contributed by atoms with Crippen LogP contribution in [0.25, 0.3) is 0 Å². The third-order valence-electron chi connectivity index (χ3n) is 3.42. The Morgan fingerprint density at radius 2 is 1.95 bits per heavy atom. The lowest BCUT2D eigenvalue weighted by atomic mass is 10.1. The fraction of sp³-hybridized carbons (Fsp3) is 0.533. The Bertz CT molecular complexity index is 437. The van der Waals surface area contributed by atoms with E-state index >= 15 is 0 Å². The van der Waals surface area contributed by atoms with E-state index in [9.17, 15) is 4.79 Å². The number of carbonyl (C=O) groups is 1. The molecule has 19 heavy (non-hydrogen) atoms. The molecule has 1 aliphatic rings. The van der Waals surface area contributed by atoms with E-state index in [-0.39, 0.29) is 5.91 Å². The van der Waals surface area contributed by atoms with E-state index in [4.69, 9.17) is 0 Å².